The molecule has 0 aromatic heterocycles. The molecule has 0 fully saturated rings. The second-order valence-electron chi connectivity index (χ2n) is 5.66. The molecule has 0 unspecified atom stereocenters. The molecule has 0 aliphatic heterocycles. The van der Waals surface area contributed by atoms with Gasteiger partial charge in [-0.3, -0.25) is 4.90 Å². The number of carbonyl (C=O) groups excluding carboxylic acids is 1. The van der Waals surface area contributed by atoms with E-state index >= 15 is 0 Å². The van der Waals surface area contributed by atoms with Gasteiger partial charge in [-0.25, -0.2) is 4.79 Å². The summed E-state index contributed by atoms with van der Waals surface area (Å²) in [5.74, 6) is 5.41. The molecular weight excluding hydrogens is 202 g/mol. The van der Waals surface area contributed by atoms with Gasteiger partial charge >= 0.3 is 6.09 Å². The fraction of sp³-hybridized carbons (Fsp3) is 0.769. The molecule has 3 nitrogen and oxygen atoms in total. The molecule has 0 spiro atoms. The summed E-state index contributed by atoms with van der Waals surface area (Å²) in [7, 11) is 0. The predicted molar refractivity (Wildman–Crippen MR) is 66.1 cm³/mol. The highest BCUT2D eigenvalue weighted by atomic mass is 16.6. The van der Waals surface area contributed by atoms with Crippen molar-refractivity contribution in [1.82, 2.24) is 4.90 Å². The number of carbonyl (C=O) groups is 1. The molecule has 0 heterocycles. The van der Waals surface area contributed by atoms with E-state index in [1.807, 2.05) is 41.5 Å². The molecule has 3 heteroatoms. The molecule has 0 aliphatic rings. The Morgan fingerprint density at radius 2 is 1.56 bits per heavy atom. The van der Waals surface area contributed by atoms with E-state index in [1.165, 1.54) is 0 Å². The second kappa shape index (κ2) is 5.25. The van der Waals surface area contributed by atoms with Gasteiger partial charge in [-0.15, -0.1) is 5.92 Å². The predicted octanol–water partition coefficient (Wildman–Crippen LogP) is 3.05. The first kappa shape index (κ1) is 14.8. The molecule has 92 valence electrons. The first-order valence-electron chi connectivity index (χ1n) is 5.47. The van der Waals surface area contributed by atoms with Crippen LogP contribution in [0.15, 0.2) is 0 Å². The summed E-state index contributed by atoms with van der Waals surface area (Å²) in [4.78, 5) is 13.7. The smallest absolute Gasteiger partial charge is 0.411 e. The maximum Gasteiger partial charge on any atom is 0.411 e. The third-order valence-electron chi connectivity index (χ3n) is 1.97. The van der Waals surface area contributed by atoms with Crippen molar-refractivity contribution >= 4 is 6.09 Å². The minimum absolute atomic E-state index is 0.151. The molecule has 0 saturated carbocycles. The van der Waals surface area contributed by atoms with Gasteiger partial charge in [0.2, 0.25) is 0 Å². The molecule has 0 aromatic carbocycles. The highest BCUT2D eigenvalue weighted by molar-refractivity contribution is 5.69. The minimum atomic E-state index is -0.317. The summed E-state index contributed by atoms with van der Waals surface area (Å²) < 4.78 is 5.11. The lowest BCUT2D eigenvalue weighted by molar-refractivity contribution is 0.0261. The van der Waals surface area contributed by atoms with Crippen LogP contribution in [-0.4, -0.2) is 28.7 Å². The first-order valence-corrected chi connectivity index (χ1v) is 5.47. The largest absolute Gasteiger partial charge is 0.436 e. The van der Waals surface area contributed by atoms with Gasteiger partial charge in [0.15, 0.2) is 6.61 Å². The van der Waals surface area contributed by atoms with Crippen LogP contribution in [0.3, 0.4) is 0 Å². The quantitative estimate of drug-likeness (QED) is 0.642. The minimum Gasteiger partial charge on any atom is -0.436 e. The number of nitrogens with zero attached hydrogens (tertiary/aromatic N) is 1. The first-order chi connectivity index (χ1) is 7.10. The lowest BCUT2D eigenvalue weighted by Crippen LogP contribution is -2.55. The van der Waals surface area contributed by atoms with E-state index < -0.39 is 0 Å². The van der Waals surface area contributed by atoms with Crippen LogP contribution in [0.1, 0.15) is 48.5 Å². The average molecular weight is 225 g/mol. The Kier molecular flexibility index (Phi) is 4.86. The van der Waals surface area contributed by atoms with Crippen molar-refractivity contribution in [3.63, 3.8) is 0 Å². The van der Waals surface area contributed by atoms with Crippen molar-refractivity contribution in [3.05, 3.63) is 0 Å². The van der Waals surface area contributed by atoms with Crippen LogP contribution in [-0.2, 0) is 4.74 Å². The number of amides is 1. The summed E-state index contributed by atoms with van der Waals surface area (Å²) >= 11 is 0. The Balaban J connectivity index is 4.78. The number of ether oxygens (including phenoxy) is 1. The van der Waals surface area contributed by atoms with Crippen molar-refractivity contribution in [3.8, 4) is 11.8 Å². The van der Waals surface area contributed by atoms with E-state index in [4.69, 9.17) is 4.74 Å². The SMILES string of the molecule is CC#CCOC(=O)N(C(C)(C)C)C(C)(C)C. The molecule has 1 amide bonds. The van der Waals surface area contributed by atoms with Crippen molar-refractivity contribution < 1.29 is 9.53 Å². The van der Waals surface area contributed by atoms with Gasteiger partial charge < -0.3 is 4.74 Å². The topological polar surface area (TPSA) is 29.5 Å². The van der Waals surface area contributed by atoms with Gasteiger partial charge in [0.1, 0.15) is 0 Å². The van der Waals surface area contributed by atoms with E-state index in [0.29, 0.717) is 0 Å². The molecule has 0 rings (SSSR count). The molecule has 0 bridgehead atoms. The third-order valence-corrected chi connectivity index (χ3v) is 1.97. The zero-order valence-corrected chi connectivity index (χ0v) is 11.5. The molecule has 0 N–H and O–H groups in total. The molecular formula is C13H23NO2. The summed E-state index contributed by atoms with van der Waals surface area (Å²) in [6.07, 6.45) is -0.317. The van der Waals surface area contributed by atoms with E-state index in [0.717, 1.165) is 0 Å². The van der Waals surface area contributed by atoms with Crippen LogP contribution in [0.25, 0.3) is 0 Å². The standard InChI is InChI=1S/C13H23NO2/c1-8-9-10-16-11(15)14(12(2,3)4)13(5,6)7/h10H2,1-7H3. The molecule has 0 saturated heterocycles. The molecule has 0 aliphatic carbocycles. The average Bonchev–Trinajstić information content (AvgIpc) is 1.98. The Morgan fingerprint density at radius 1 is 1.12 bits per heavy atom. The Hall–Kier alpha value is -1.17. The van der Waals surface area contributed by atoms with Crippen molar-refractivity contribution in [2.45, 2.75) is 59.5 Å². The lowest BCUT2D eigenvalue weighted by atomic mass is 9.97. The number of rotatable bonds is 1. The fourth-order valence-electron chi connectivity index (χ4n) is 1.79. The maximum absolute atomic E-state index is 11.9. The molecule has 16 heavy (non-hydrogen) atoms. The Bertz CT molecular complexity index is 283. The Morgan fingerprint density at radius 3 is 1.88 bits per heavy atom. The molecule has 0 radical (unpaired) electrons. The maximum atomic E-state index is 11.9. The van der Waals surface area contributed by atoms with Gasteiger partial charge in [-0.1, -0.05) is 5.92 Å². The van der Waals surface area contributed by atoms with Crippen molar-refractivity contribution in [1.29, 1.82) is 0 Å². The van der Waals surface area contributed by atoms with E-state index in [-0.39, 0.29) is 23.8 Å². The second-order valence-corrected chi connectivity index (χ2v) is 5.66. The molecule has 0 aromatic rings. The number of hydrogen-bond acceptors (Lipinski definition) is 2. The van der Waals surface area contributed by atoms with Crippen LogP contribution in [0.5, 0.6) is 0 Å². The van der Waals surface area contributed by atoms with Gasteiger partial charge in [0, 0.05) is 11.1 Å². The van der Waals surface area contributed by atoms with Crippen molar-refractivity contribution in [2.75, 3.05) is 6.61 Å². The van der Waals surface area contributed by atoms with Crippen LogP contribution >= 0.6 is 0 Å². The highest BCUT2D eigenvalue weighted by Gasteiger charge is 2.36. The van der Waals surface area contributed by atoms with Crippen LogP contribution < -0.4 is 0 Å². The van der Waals surface area contributed by atoms with E-state index in [2.05, 4.69) is 11.8 Å². The van der Waals surface area contributed by atoms with Crippen LogP contribution in [0, 0.1) is 11.8 Å². The molecule has 0 atom stereocenters. The van der Waals surface area contributed by atoms with Gasteiger partial charge in [-0.05, 0) is 48.5 Å². The highest BCUT2D eigenvalue weighted by Crippen LogP contribution is 2.25. The fourth-order valence-corrected chi connectivity index (χ4v) is 1.79. The van der Waals surface area contributed by atoms with Gasteiger partial charge in [-0.2, -0.15) is 0 Å². The Labute approximate surface area is 99.2 Å². The zero-order chi connectivity index (χ0) is 13.0. The summed E-state index contributed by atoms with van der Waals surface area (Å²) in [6, 6.07) is 0. The third kappa shape index (κ3) is 4.57. The lowest BCUT2D eigenvalue weighted by Gasteiger charge is -2.44. The van der Waals surface area contributed by atoms with E-state index in [1.54, 1.807) is 11.8 Å². The zero-order valence-electron chi connectivity index (χ0n) is 11.5. The van der Waals surface area contributed by atoms with Crippen LogP contribution in [0.4, 0.5) is 4.79 Å². The summed E-state index contributed by atoms with van der Waals surface area (Å²) in [6.45, 7) is 13.8. The van der Waals surface area contributed by atoms with Gasteiger partial charge in [0.05, 0.1) is 0 Å². The summed E-state index contributed by atoms with van der Waals surface area (Å²) in [5, 5.41) is 0. The van der Waals surface area contributed by atoms with Gasteiger partial charge in [0.25, 0.3) is 0 Å². The van der Waals surface area contributed by atoms with E-state index in [9.17, 15) is 4.79 Å². The van der Waals surface area contributed by atoms with Crippen molar-refractivity contribution in [2.24, 2.45) is 0 Å². The number of hydrogen-bond donors (Lipinski definition) is 0. The summed E-state index contributed by atoms with van der Waals surface area (Å²) in [5.41, 5.74) is -0.538. The normalized spacial score (nSPS) is 11.4. The van der Waals surface area contributed by atoms with Crippen LogP contribution in [0.2, 0.25) is 0 Å². The monoisotopic (exact) mass is 225 g/mol.